The van der Waals surface area contributed by atoms with Gasteiger partial charge in [-0.3, -0.25) is 0 Å². The van der Waals surface area contributed by atoms with Gasteiger partial charge in [0.25, 0.3) is 0 Å². The average Bonchev–Trinajstić information content (AvgIpc) is 2.42. The number of alkyl halides is 3. The first kappa shape index (κ1) is 16.0. The Bertz CT molecular complexity index is 629. The fraction of sp³-hybridized carbons (Fsp3) is 0.286. The van der Waals surface area contributed by atoms with Crippen LogP contribution in [-0.2, 0) is 12.6 Å². The summed E-state index contributed by atoms with van der Waals surface area (Å²) in [6, 6.07) is 5.23. The summed E-state index contributed by atoms with van der Waals surface area (Å²) in [5, 5.41) is 3.10. The van der Waals surface area contributed by atoms with Gasteiger partial charge in [0.2, 0.25) is 0 Å². The number of halogens is 4. The average molecular weight is 407 g/mol. The molecular formula is C14H13F3IN3. The Morgan fingerprint density at radius 3 is 2.71 bits per heavy atom. The first-order chi connectivity index (χ1) is 9.90. The lowest BCUT2D eigenvalue weighted by molar-refractivity contribution is -0.137. The van der Waals surface area contributed by atoms with Crippen molar-refractivity contribution in [1.82, 2.24) is 9.97 Å². The molecule has 7 heteroatoms. The molecule has 1 N–H and O–H groups in total. The number of benzene rings is 1. The molecular weight excluding hydrogens is 394 g/mol. The molecule has 0 aliphatic rings. The standard InChI is InChI=1S/C14H13F3IN3/c1-2-19-13-11(18)8-20-12(21-13)7-9-4-3-5-10(6-9)14(15,16)17/h3-6,8H,2,7H2,1H3,(H,19,20,21). The summed E-state index contributed by atoms with van der Waals surface area (Å²) in [6.07, 6.45) is -2.41. The lowest BCUT2D eigenvalue weighted by Gasteiger charge is -2.09. The maximum atomic E-state index is 12.7. The highest BCUT2D eigenvalue weighted by atomic mass is 127. The molecule has 0 radical (unpaired) electrons. The van der Waals surface area contributed by atoms with E-state index in [1.54, 1.807) is 12.3 Å². The van der Waals surface area contributed by atoms with Crippen LogP contribution in [0.3, 0.4) is 0 Å². The Morgan fingerprint density at radius 2 is 2.05 bits per heavy atom. The largest absolute Gasteiger partial charge is 0.416 e. The minimum absolute atomic E-state index is 0.263. The van der Waals surface area contributed by atoms with Crippen LogP contribution in [0.5, 0.6) is 0 Å². The van der Waals surface area contributed by atoms with E-state index < -0.39 is 11.7 Å². The van der Waals surface area contributed by atoms with Crippen molar-refractivity contribution in [2.24, 2.45) is 0 Å². The van der Waals surface area contributed by atoms with Gasteiger partial charge in [0.1, 0.15) is 11.6 Å². The van der Waals surface area contributed by atoms with Crippen LogP contribution in [0.1, 0.15) is 23.9 Å². The number of nitrogens with one attached hydrogen (secondary N) is 1. The molecule has 0 aliphatic heterocycles. The molecule has 112 valence electrons. The molecule has 2 rings (SSSR count). The van der Waals surface area contributed by atoms with E-state index in [-0.39, 0.29) is 6.42 Å². The van der Waals surface area contributed by atoms with Gasteiger partial charge in [-0.25, -0.2) is 9.97 Å². The normalized spacial score (nSPS) is 11.5. The summed E-state index contributed by atoms with van der Waals surface area (Å²) < 4.78 is 38.9. The lowest BCUT2D eigenvalue weighted by Crippen LogP contribution is -2.07. The molecule has 0 aliphatic carbocycles. The molecule has 0 atom stereocenters. The Kier molecular flexibility index (Phi) is 5.02. The van der Waals surface area contributed by atoms with E-state index in [2.05, 4.69) is 37.9 Å². The summed E-state index contributed by atoms with van der Waals surface area (Å²) in [6.45, 7) is 2.67. The molecule has 0 fully saturated rings. The number of hydrogen-bond donors (Lipinski definition) is 1. The second-order valence-electron chi connectivity index (χ2n) is 4.39. The minimum Gasteiger partial charge on any atom is -0.369 e. The highest BCUT2D eigenvalue weighted by Gasteiger charge is 2.30. The number of anilines is 1. The molecule has 0 unspecified atom stereocenters. The van der Waals surface area contributed by atoms with Gasteiger partial charge in [0, 0.05) is 19.2 Å². The van der Waals surface area contributed by atoms with Gasteiger partial charge in [-0.15, -0.1) is 0 Å². The quantitative estimate of drug-likeness (QED) is 0.776. The van der Waals surface area contributed by atoms with Crippen LogP contribution in [0.2, 0.25) is 0 Å². The van der Waals surface area contributed by atoms with Gasteiger partial charge in [0.05, 0.1) is 9.13 Å². The molecule has 1 aromatic heterocycles. The zero-order chi connectivity index (χ0) is 15.5. The van der Waals surface area contributed by atoms with Crippen LogP contribution in [-0.4, -0.2) is 16.5 Å². The number of hydrogen-bond acceptors (Lipinski definition) is 3. The molecule has 2 aromatic rings. The van der Waals surface area contributed by atoms with Gasteiger partial charge in [0.15, 0.2) is 0 Å². The topological polar surface area (TPSA) is 37.8 Å². The van der Waals surface area contributed by atoms with Crippen LogP contribution in [0, 0.1) is 3.57 Å². The van der Waals surface area contributed by atoms with Crippen LogP contribution < -0.4 is 5.32 Å². The van der Waals surface area contributed by atoms with Crippen molar-refractivity contribution in [2.75, 3.05) is 11.9 Å². The SMILES string of the molecule is CCNc1nc(Cc2cccc(C(F)(F)F)c2)ncc1I. The van der Waals surface area contributed by atoms with Crippen molar-refractivity contribution in [3.63, 3.8) is 0 Å². The summed E-state index contributed by atoms with van der Waals surface area (Å²) in [7, 11) is 0. The third kappa shape index (κ3) is 4.29. The second-order valence-corrected chi connectivity index (χ2v) is 5.55. The second kappa shape index (κ2) is 6.59. The predicted molar refractivity (Wildman–Crippen MR) is 83.2 cm³/mol. The van der Waals surface area contributed by atoms with Gasteiger partial charge in [-0.05, 0) is 41.1 Å². The van der Waals surface area contributed by atoms with Gasteiger partial charge >= 0.3 is 6.18 Å². The highest BCUT2D eigenvalue weighted by molar-refractivity contribution is 14.1. The maximum Gasteiger partial charge on any atom is 0.416 e. The minimum atomic E-state index is -4.34. The fourth-order valence-corrected chi connectivity index (χ4v) is 2.27. The monoisotopic (exact) mass is 407 g/mol. The van der Waals surface area contributed by atoms with Crippen molar-refractivity contribution in [2.45, 2.75) is 19.5 Å². The Balaban J connectivity index is 2.24. The van der Waals surface area contributed by atoms with E-state index in [1.165, 1.54) is 6.07 Å². The highest BCUT2D eigenvalue weighted by Crippen LogP contribution is 2.29. The smallest absolute Gasteiger partial charge is 0.369 e. The summed E-state index contributed by atoms with van der Waals surface area (Å²) in [5.74, 6) is 1.20. The van der Waals surface area contributed by atoms with Crippen molar-refractivity contribution in [3.05, 3.63) is 51.0 Å². The number of rotatable bonds is 4. The molecule has 0 spiro atoms. The van der Waals surface area contributed by atoms with E-state index in [4.69, 9.17) is 0 Å². The van der Waals surface area contributed by atoms with Crippen LogP contribution in [0.4, 0.5) is 19.0 Å². The number of aromatic nitrogens is 2. The van der Waals surface area contributed by atoms with E-state index >= 15 is 0 Å². The first-order valence-corrected chi connectivity index (χ1v) is 7.39. The lowest BCUT2D eigenvalue weighted by atomic mass is 10.1. The molecule has 0 saturated carbocycles. The summed E-state index contributed by atoms with van der Waals surface area (Å²) >= 11 is 2.11. The van der Waals surface area contributed by atoms with E-state index in [0.29, 0.717) is 17.2 Å². The Morgan fingerprint density at radius 1 is 1.29 bits per heavy atom. The van der Waals surface area contributed by atoms with Crippen molar-refractivity contribution in [1.29, 1.82) is 0 Å². The fourth-order valence-electron chi connectivity index (χ4n) is 1.82. The molecule has 21 heavy (non-hydrogen) atoms. The van der Waals surface area contributed by atoms with Crippen molar-refractivity contribution < 1.29 is 13.2 Å². The van der Waals surface area contributed by atoms with Crippen molar-refractivity contribution >= 4 is 28.4 Å². The van der Waals surface area contributed by atoms with Gasteiger partial charge in [-0.2, -0.15) is 13.2 Å². The predicted octanol–water partition coefficient (Wildman–Crippen LogP) is 4.12. The molecule has 1 aromatic carbocycles. The Labute approximate surface area is 134 Å². The molecule has 1 heterocycles. The first-order valence-electron chi connectivity index (χ1n) is 6.31. The molecule has 0 bridgehead atoms. The van der Waals surface area contributed by atoms with E-state index in [0.717, 1.165) is 22.2 Å². The molecule has 0 amide bonds. The van der Waals surface area contributed by atoms with E-state index in [1.807, 2.05) is 6.92 Å². The van der Waals surface area contributed by atoms with Crippen molar-refractivity contribution in [3.8, 4) is 0 Å². The molecule has 0 saturated heterocycles. The summed E-state index contributed by atoms with van der Waals surface area (Å²) in [5.41, 5.74) is -0.120. The zero-order valence-corrected chi connectivity index (χ0v) is 13.4. The van der Waals surface area contributed by atoms with Crippen LogP contribution in [0.25, 0.3) is 0 Å². The third-order valence-electron chi connectivity index (χ3n) is 2.75. The van der Waals surface area contributed by atoms with Crippen LogP contribution in [0.15, 0.2) is 30.5 Å². The maximum absolute atomic E-state index is 12.7. The van der Waals surface area contributed by atoms with Gasteiger partial charge < -0.3 is 5.32 Å². The third-order valence-corrected chi connectivity index (χ3v) is 3.54. The molecule has 3 nitrogen and oxygen atoms in total. The van der Waals surface area contributed by atoms with Gasteiger partial charge in [-0.1, -0.05) is 18.2 Å². The van der Waals surface area contributed by atoms with E-state index in [9.17, 15) is 13.2 Å². The summed E-state index contributed by atoms with van der Waals surface area (Å²) in [4.78, 5) is 8.51. The zero-order valence-electron chi connectivity index (χ0n) is 11.2. The number of nitrogens with zero attached hydrogens (tertiary/aromatic N) is 2. The van der Waals surface area contributed by atoms with Crippen LogP contribution >= 0.6 is 22.6 Å². The Hall–Kier alpha value is -1.38.